The molecule has 0 bridgehead atoms. The Morgan fingerprint density at radius 2 is 2.33 bits per heavy atom. The highest BCUT2D eigenvalue weighted by Crippen LogP contribution is 2.29. The van der Waals surface area contributed by atoms with Gasteiger partial charge in [0.2, 0.25) is 0 Å². The van der Waals surface area contributed by atoms with Crippen molar-refractivity contribution in [3.8, 4) is 5.75 Å². The minimum atomic E-state index is -0.268. The lowest BCUT2D eigenvalue weighted by atomic mass is 10.1. The summed E-state index contributed by atoms with van der Waals surface area (Å²) in [4.78, 5) is 16.7. The number of carbonyl (C=O) groups is 1. The van der Waals surface area contributed by atoms with Gasteiger partial charge in [0, 0.05) is 17.6 Å². The summed E-state index contributed by atoms with van der Waals surface area (Å²) in [6.07, 6.45) is 2.46. The van der Waals surface area contributed by atoms with Gasteiger partial charge in [-0.1, -0.05) is 18.5 Å². The number of carbonyl (C=O) groups excluding carboxylic acids is 1. The van der Waals surface area contributed by atoms with Gasteiger partial charge in [0.05, 0.1) is 29.4 Å². The Balaban J connectivity index is 2.25. The predicted molar refractivity (Wildman–Crippen MR) is 85.0 cm³/mol. The predicted octanol–water partition coefficient (Wildman–Crippen LogP) is 3.27. The van der Waals surface area contributed by atoms with Crippen LogP contribution in [0.4, 0.5) is 5.69 Å². The molecule has 2 aromatic rings. The van der Waals surface area contributed by atoms with E-state index in [0.717, 1.165) is 11.4 Å². The summed E-state index contributed by atoms with van der Waals surface area (Å²) in [5.74, 6) is 0.124. The number of benzene rings is 1. The molecule has 0 saturated heterocycles. The Labute approximate surface area is 132 Å². The van der Waals surface area contributed by atoms with E-state index >= 15 is 0 Å². The van der Waals surface area contributed by atoms with Gasteiger partial charge in [0.25, 0.3) is 5.91 Å². The van der Waals surface area contributed by atoms with Crippen molar-refractivity contribution < 1.29 is 9.53 Å². The Morgan fingerprint density at radius 3 is 2.90 bits per heavy atom. The number of nitrogens with zero attached hydrogens (tertiary/aromatic N) is 1. The minimum Gasteiger partial charge on any atom is -0.496 e. The van der Waals surface area contributed by atoms with Gasteiger partial charge in [-0.15, -0.1) is 11.3 Å². The number of nitrogens with one attached hydrogen (secondary N) is 1. The van der Waals surface area contributed by atoms with Gasteiger partial charge in [-0.05, 0) is 12.5 Å². The van der Waals surface area contributed by atoms with E-state index in [-0.39, 0.29) is 11.9 Å². The molecule has 0 saturated carbocycles. The number of halogens is 1. The molecular formula is C14H16ClN3O2S. The zero-order chi connectivity index (χ0) is 15.4. The fourth-order valence-electron chi connectivity index (χ4n) is 1.90. The zero-order valence-corrected chi connectivity index (χ0v) is 13.3. The first-order valence-electron chi connectivity index (χ1n) is 6.40. The monoisotopic (exact) mass is 325 g/mol. The number of methoxy groups -OCH3 is 1. The molecule has 1 unspecified atom stereocenters. The maximum Gasteiger partial charge on any atom is 0.255 e. The molecule has 5 nitrogen and oxygen atoms in total. The molecule has 1 amide bonds. The molecule has 21 heavy (non-hydrogen) atoms. The molecule has 0 fully saturated rings. The Bertz CT molecular complexity index is 631. The number of rotatable bonds is 5. The fraction of sp³-hybridized carbons (Fsp3) is 0.286. The van der Waals surface area contributed by atoms with E-state index in [1.807, 2.05) is 12.3 Å². The van der Waals surface area contributed by atoms with Crippen LogP contribution in [0.15, 0.2) is 23.7 Å². The summed E-state index contributed by atoms with van der Waals surface area (Å²) in [6.45, 7) is 1.99. The van der Waals surface area contributed by atoms with Gasteiger partial charge in [-0.2, -0.15) is 0 Å². The average Bonchev–Trinajstić information content (AvgIpc) is 3.00. The van der Waals surface area contributed by atoms with E-state index in [2.05, 4.69) is 10.3 Å². The third-order valence-corrected chi connectivity index (χ3v) is 4.24. The molecule has 2 rings (SSSR count). The molecule has 0 aliphatic carbocycles. The molecule has 0 radical (unpaired) electrons. The number of anilines is 1. The van der Waals surface area contributed by atoms with Crippen LogP contribution >= 0.6 is 22.9 Å². The minimum absolute atomic E-state index is 0.140. The lowest BCUT2D eigenvalue weighted by molar-refractivity contribution is 0.0932. The number of amides is 1. The summed E-state index contributed by atoms with van der Waals surface area (Å²) in [5, 5.41) is 6.01. The second-order valence-electron chi connectivity index (χ2n) is 4.38. The van der Waals surface area contributed by atoms with Crippen LogP contribution in [0, 0.1) is 0 Å². The number of nitrogens with two attached hydrogens (primary N) is 1. The van der Waals surface area contributed by atoms with Crippen molar-refractivity contribution in [1.82, 2.24) is 10.3 Å². The molecule has 0 aliphatic rings. The molecule has 112 valence electrons. The van der Waals surface area contributed by atoms with E-state index in [9.17, 15) is 4.79 Å². The van der Waals surface area contributed by atoms with E-state index in [1.165, 1.54) is 24.5 Å². The summed E-state index contributed by atoms with van der Waals surface area (Å²) < 4.78 is 5.20. The molecule has 7 heteroatoms. The van der Waals surface area contributed by atoms with Crippen molar-refractivity contribution in [2.75, 3.05) is 12.8 Å². The van der Waals surface area contributed by atoms with Crippen LogP contribution in [0.25, 0.3) is 0 Å². The largest absolute Gasteiger partial charge is 0.496 e. The van der Waals surface area contributed by atoms with Gasteiger partial charge in [0.1, 0.15) is 10.8 Å². The van der Waals surface area contributed by atoms with E-state index in [0.29, 0.717) is 22.0 Å². The zero-order valence-electron chi connectivity index (χ0n) is 11.7. The van der Waals surface area contributed by atoms with Crippen LogP contribution in [-0.2, 0) is 0 Å². The molecule has 1 aromatic heterocycles. The molecular weight excluding hydrogens is 310 g/mol. The van der Waals surface area contributed by atoms with Crippen molar-refractivity contribution in [2.45, 2.75) is 19.4 Å². The lowest BCUT2D eigenvalue weighted by Crippen LogP contribution is -2.28. The average molecular weight is 326 g/mol. The Morgan fingerprint density at radius 1 is 1.57 bits per heavy atom. The number of thiazole rings is 1. The quantitative estimate of drug-likeness (QED) is 0.827. The molecule has 1 aromatic carbocycles. The van der Waals surface area contributed by atoms with Gasteiger partial charge < -0.3 is 15.8 Å². The molecule has 1 heterocycles. The van der Waals surface area contributed by atoms with Crippen molar-refractivity contribution in [1.29, 1.82) is 0 Å². The third kappa shape index (κ3) is 3.46. The second-order valence-corrected chi connectivity index (χ2v) is 5.71. The maximum atomic E-state index is 12.4. The first-order valence-corrected chi connectivity index (χ1v) is 7.65. The Hall–Kier alpha value is -1.79. The molecule has 0 spiro atoms. The first-order chi connectivity index (χ1) is 10.1. The second kappa shape index (κ2) is 6.78. The number of ether oxygens (including phenoxy) is 1. The number of nitrogen functional groups attached to an aromatic ring is 1. The maximum absolute atomic E-state index is 12.4. The van der Waals surface area contributed by atoms with Crippen molar-refractivity contribution in [2.24, 2.45) is 0 Å². The smallest absolute Gasteiger partial charge is 0.255 e. The third-order valence-electron chi connectivity index (χ3n) is 3.03. The molecule has 0 aliphatic heterocycles. The van der Waals surface area contributed by atoms with Crippen LogP contribution in [-0.4, -0.2) is 18.0 Å². The first kappa shape index (κ1) is 15.6. The highest BCUT2D eigenvalue weighted by Gasteiger charge is 2.20. The number of aromatic nitrogens is 1. The van der Waals surface area contributed by atoms with Gasteiger partial charge in [0.15, 0.2) is 0 Å². The lowest BCUT2D eigenvalue weighted by Gasteiger charge is -2.16. The van der Waals surface area contributed by atoms with Crippen LogP contribution in [0.2, 0.25) is 5.02 Å². The van der Waals surface area contributed by atoms with Crippen molar-refractivity contribution in [3.05, 3.63) is 39.3 Å². The van der Waals surface area contributed by atoms with E-state index in [1.54, 1.807) is 12.3 Å². The van der Waals surface area contributed by atoms with Gasteiger partial charge in [-0.3, -0.25) is 4.79 Å². The summed E-state index contributed by atoms with van der Waals surface area (Å²) in [6, 6.07) is 2.92. The normalized spacial score (nSPS) is 12.0. The van der Waals surface area contributed by atoms with Crippen LogP contribution in [0.1, 0.15) is 34.8 Å². The fourth-order valence-corrected chi connectivity index (χ4v) is 2.83. The van der Waals surface area contributed by atoms with Crippen LogP contribution < -0.4 is 15.8 Å². The highest BCUT2D eigenvalue weighted by atomic mass is 35.5. The van der Waals surface area contributed by atoms with Crippen LogP contribution in [0.5, 0.6) is 5.75 Å². The number of hydrogen-bond acceptors (Lipinski definition) is 5. The number of hydrogen-bond donors (Lipinski definition) is 2. The van der Waals surface area contributed by atoms with E-state index in [4.69, 9.17) is 22.1 Å². The molecule has 3 N–H and O–H groups in total. The Kier molecular flexibility index (Phi) is 5.03. The van der Waals surface area contributed by atoms with Crippen LogP contribution in [0.3, 0.4) is 0 Å². The molecule has 1 atom stereocenters. The summed E-state index contributed by atoms with van der Waals surface area (Å²) >= 11 is 7.49. The van der Waals surface area contributed by atoms with E-state index < -0.39 is 0 Å². The topological polar surface area (TPSA) is 77.2 Å². The summed E-state index contributed by atoms with van der Waals surface area (Å²) in [7, 11) is 1.48. The van der Waals surface area contributed by atoms with Gasteiger partial charge >= 0.3 is 0 Å². The standard InChI is InChI=1S/C14H16ClN3O2S/c1-3-11(14-17-4-5-21-14)18-13(19)8-6-9(15)10(16)7-12(8)20-2/h4-7,11H,3,16H2,1-2H3,(H,18,19). The van der Waals surface area contributed by atoms with Crippen molar-refractivity contribution in [3.63, 3.8) is 0 Å². The highest BCUT2D eigenvalue weighted by molar-refractivity contribution is 7.09. The van der Waals surface area contributed by atoms with Gasteiger partial charge in [-0.25, -0.2) is 4.98 Å². The SMILES string of the molecule is CCC(NC(=O)c1cc(Cl)c(N)cc1OC)c1nccs1. The van der Waals surface area contributed by atoms with Crippen molar-refractivity contribution >= 4 is 34.5 Å². The summed E-state index contributed by atoms with van der Waals surface area (Å²) in [5.41, 5.74) is 6.44.